The molecule has 0 aliphatic carbocycles. The molecule has 1 aromatic carbocycles. The number of para-hydroxylation sites is 1. The summed E-state index contributed by atoms with van der Waals surface area (Å²) in [5.41, 5.74) is 0.328. The van der Waals surface area contributed by atoms with Crippen LogP contribution in [0.2, 0.25) is 0 Å². The van der Waals surface area contributed by atoms with Crippen molar-refractivity contribution in [2.75, 3.05) is 25.7 Å². The van der Waals surface area contributed by atoms with Crippen LogP contribution < -0.4 is 15.4 Å². The molecule has 0 unspecified atom stereocenters. The van der Waals surface area contributed by atoms with E-state index in [1.807, 2.05) is 20.1 Å². The van der Waals surface area contributed by atoms with Crippen LogP contribution in [-0.4, -0.2) is 55.6 Å². The van der Waals surface area contributed by atoms with Gasteiger partial charge in [-0.2, -0.15) is 11.8 Å². The number of esters is 1. The van der Waals surface area contributed by atoms with E-state index in [1.165, 1.54) is 7.11 Å². The molecule has 0 saturated heterocycles. The number of methoxy groups -OCH3 is 1. The van der Waals surface area contributed by atoms with Gasteiger partial charge in [-0.1, -0.05) is 12.1 Å². The summed E-state index contributed by atoms with van der Waals surface area (Å²) in [7, 11) is 1.47. The third-order valence-electron chi connectivity index (χ3n) is 3.35. The van der Waals surface area contributed by atoms with E-state index in [-0.39, 0.29) is 18.6 Å². The average Bonchev–Trinajstić information content (AvgIpc) is 2.62. The molecule has 0 aliphatic rings. The number of thioether (sulfide) groups is 1. The number of benzene rings is 1. The first-order valence-electron chi connectivity index (χ1n) is 8.27. The summed E-state index contributed by atoms with van der Waals surface area (Å²) in [4.78, 5) is 36.4. The maximum atomic E-state index is 12.5. The summed E-state index contributed by atoms with van der Waals surface area (Å²) in [6.45, 7) is 3.25. The van der Waals surface area contributed by atoms with E-state index in [2.05, 4.69) is 10.6 Å². The van der Waals surface area contributed by atoms with Crippen molar-refractivity contribution in [3.63, 3.8) is 0 Å². The predicted molar refractivity (Wildman–Crippen MR) is 101 cm³/mol. The summed E-state index contributed by atoms with van der Waals surface area (Å²) in [6, 6.07) is 5.86. The van der Waals surface area contributed by atoms with Gasteiger partial charge in [-0.05, 0) is 44.4 Å². The van der Waals surface area contributed by atoms with Crippen LogP contribution in [0.15, 0.2) is 24.3 Å². The molecule has 0 heterocycles. The van der Waals surface area contributed by atoms with E-state index in [0.29, 0.717) is 23.5 Å². The number of hydrogen-bond acceptors (Lipinski definition) is 6. The molecule has 0 saturated carbocycles. The van der Waals surface area contributed by atoms with Crippen molar-refractivity contribution in [1.82, 2.24) is 10.6 Å². The fourth-order valence-corrected chi connectivity index (χ4v) is 2.63. The second kappa shape index (κ2) is 11.4. The van der Waals surface area contributed by atoms with Gasteiger partial charge in [0, 0.05) is 6.04 Å². The lowest BCUT2D eigenvalue weighted by Crippen LogP contribution is -2.43. The Labute approximate surface area is 158 Å². The number of hydrogen-bond donors (Lipinski definition) is 2. The van der Waals surface area contributed by atoms with Gasteiger partial charge in [0.1, 0.15) is 11.8 Å². The second-order valence-corrected chi connectivity index (χ2v) is 6.82. The molecule has 1 atom stereocenters. The quantitative estimate of drug-likeness (QED) is 0.597. The Morgan fingerprint density at radius 1 is 1.15 bits per heavy atom. The van der Waals surface area contributed by atoms with Crippen LogP contribution in [0.5, 0.6) is 5.75 Å². The molecule has 1 rings (SSSR count). The van der Waals surface area contributed by atoms with E-state index in [0.717, 1.165) is 0 Å². The van der Waals surface area contributed by atoms with Crippen molar-refractivity contribution in [2.24, 2.45) is 0 Å². The second-order valence-electron chi connectivity index (χ2n) is 5.84. The maximum Gasteiger partial charge on any atom is 0.329 e. The molecule has 0 radical (unpaired) electrons. The smallest absolute Gasteiger partial charge is 0.329 e. The first kappa shape index (κ1) is 21.8. The summed E-state index contributed by atoms with van der Waals surface area (Å²) >= 11 is 1.55. The minimum atomic E-state index is -0.841. The summed E-state index contributed by atoms with van der Waals surface area (Å²) in [6.07, 6.45) is 2.30. The average molecular weight is 382 g/mol. The molecule has 144 valence electrons. The topological polar surface area (TPSA) is 93.7 Å². The third-order valence-corrected chi connectivity index (χ3v) is 3.99. The minimum absolute atomic E-state index is 0.0428. The number of carbonyl (C=O) groups is 3. The molecular weight excluding hydrogens is 356 g/mol. The summed E-state index contributed by atoms with van der Waals surface area (Å²) < 4.78 is 10.2. The lowest BCUT2D eigenvalue weighted by Gasteiger charge is -2.18. The molecule has 0 fully saturated rings. The molecule has 7 nitrogen and oxygen atoms in total. The summed E-state index contributed by atoms with van der Waals surface area (Å²) in [5, 5.41) is 5.31. The minimum Gasteiger partial charge on any atom is -0.496 e. The fourth-order valence-electron chi connectivity index (χ4n) is 2.15. The molecule has 2 amide bonds. The van der Waals surface area contributed by atoms with Gasteiger partial charge < -0.3 is 20.1 Å². The molecule has 0 aliphatic heterocycles. The highest BCUT2D eigenvalue weighted by Gasteiger charge is 2.24. The zero-order valence-electron chi connectivity index (χ0n) is 15.5. The highest BCUT2D eigenvalue weighted by molar-refractivity contribution is 7.98. The Morgan fingerprint density at radius 3 is 2.46 bits per heavy atom. The zero-order chi connectivity index (χ0) is 19.5. The van der Waals surface area contributed by atoms with Crippen LogP contribution >= 0.6 is 11.8 Å². The van der Waals surface area contributed by atoms with Crippen molar-refractivity contribution in [2.45, 2.75) is 32.4 Å². The number of ether oxygens (including phenoxy) is 2. The zero-order valence-corrected chi connectivity index (χ0v) is 16.4. The first-order valence-corrected chi connectivity index (χ1v) is 9.67. The van der Waals surface area contributed by atoms with Gasteiger partial charge in [-0.15, -0.1) is 0 Å². The van der Waals surface area contributed by atoms with E-state index >= 15 is 0 Å². The Balaban J connectivity index is 2.74. The van der Waals surface area contributed by atoms with Crippen LogP contribution in [0.25, 0.3) is 0 Å². The fraction of sp³-hybridized carbons (Fsp3) is 0.500. The van der Waals surface area contributed by atoms with Crippen molar-refractivity contribution < 1.29 is 23.9 Å². The lowest BCUT2D eigenvalue weighted by atomic mass is 10.1. The number of rotatable bonds is 10. The van der Waals surface area contributed by atoms with Crippen molar-refractivity contribution in [3.8, 4) is 5.75 Å². The van der Waals surface area contributed by atoms with Crippen molar-refractivity contribution in [1.29, 1.82) is 0 Å². The highest BCUT2D eigenvalue weighted by atomic mass is 32.2. The normalized spacial score (nSPS) is 11.6. The van der Waals surface area contributed by atoms with E-state index in [9.17, 15) is 14.4 Å². The maximum absolute atomic E-state index is 12.5. The van der Waals surface area contributed by atoms with Gasteiger partial charge in [-0.25, -0.2) is 4.79 Å². The van der Waals surface area contributed by atoms with Gasteiger partial charge >= 0.3 is 5.97 Å². The van der Waals surface area contributed by atoms with Gasteiger partial charge in [0.05, 0.1) is 12.7 Å². The molecular formula is C18H26N2O5S. The Morgan fingerprint density at radius 2 is 1.85 bits per heavy atom. The monoisotopic (exact) mass is 382 g/mol. The lowest BCUT2D eigenvalue weighted by molar-refractivity contribution is -0.150. The van der Waals surface area contributed by atoms with Gasteiger partial charge in [-0.3, -0.25) is 9.59 Å². The SMILES string of the molecule is COc1ccccc1C(=O)N[C@H](CCSC)C(=O)OCC(=O)NC(C)C. The molecule has 0 aromatic heterocycles. The van der Waals surface area contributed by atoms with Crippen LogP contribution in [0, 0.1) is 0 Å². The number of nitrogens with one attached hydrogen (secondary N) is 2. The first-order chi connectivity index (χ1) is 12.4. The largest absolute Gasteiger partial charge is 0.496 e. The molecule has 0 bridgehead atoms. The standard InChI is InChI=1S/C18H26N2O5S/c1-12(2)19-16(21)11-25-18(23)14(9-10-26-4)20-17(22)13-7-5-6-8-15(13)24-3/h5-8,12,14H,9-11H2,1-4H3,(H,19,21)(H,20,22)/t14-/m1/s1. The highest BCUT2D eigenvalue weighted by Crippen LogP contribution is 2.17. The Kier molecular flexibility index (Phi) is 9.57. The number of amides is 2. The molecule has 2 N–H and O–H groups in total. The van der Waals surface area contributed by atoms with E-state index < -0.39 is 17.9 Å². The molecule has 26 heavy (non-hydrogen) atoms. The number of carbonyl (C=O) groups excluding carboxylic acids is 3. The van der Waals surface area contributed by atoms with Gasteiger partial charge in [0.15, 0.2) is 6.61 Å². The molecule has 8 heteroatoms. The predicted octanol–water partition coefficient (Wildman–Crippen LogP) is 1.61. The van der Waals surface area contributed by atoms with Crippen LogP contribution in [-0.2, 0) is 14.3 Å². The van der Waals surface area contributed by atoms with Gasteiger partial charge in [0.25, 0.3) is 11.8 Å². The van der Waals surface area contributed by atoms with Crippen LogP contribution in [0.1, 0.15) is 30.6 Å². The van der Waals surface area contributed by atoms with Crippen LogP contribution in [0.4, 0.5) is 0 Å². The Bertz CT molecular complexity index is 621. The molecule has 1 aromatic rings. The van der Waals surface area contributed by atoms with Crippen LogP contribution in [0.3, 0.4) is 0 Å². The van der Waals surface area contributed by atoms with Crippen molar-refractivity contribution in [3.05, 3.63) is 29.8 Å². The van der Waals surface area contributed by atoms with E-state index in [1.54, 1.807) is 36.0 Å². The van der Waals surface area contributed by atoms with Crippen molar-refractivity contribution >= 4 is 29.5 Å². The molecule has 0 spiro atoms. The third kappa shape index (κ3) is 7.35. The van der Waals surface area contributed by atoms with Gasteiger partial charge in [0.2, 0.25) is 0 Å². The summed E-state index contributed by atoms with van der Waals surface area (Å²) in [5.74, 6) is -0.380. The Hall–Kier alpha value is -2.22. The van der Waals surface area contributed by atoms with E-state index in [4.69, 9.17) is 9.47 Å².